The lowest BCUT2D eigenvalue weighted by Gasteiger charge is -2.48. The standard InChI is InChI=1S/C25H26N4O3S/c1-18-21(33-17-27-18)22(30)28-13-10-25(11-14-28)24(2,20-9-6-12-26-15-20)29(23(31)32-25)16-19-7-4-3-5-8-19/h3-9,12,15,17H,10-11,13-14,16H2,1-2H3. The van der Waals surface area contributed by atoms with E-state index in [1.54, 1.807) is 11.7 Å². The maximum Gasteiger partial charge on any atom is 0.411 e. The highest BCUT2D eigenvalue weighted by atomic mass is 32.1. The minimum atomic E-state index is -0.749. The molecule has 1 atom stereocenters. The molecule has 0 N–H and O–H groups in total. The number of carbonyl (C=O) groups is 2. The molecule has 3 aromatic rings. The van der Waals surface area contributed by atoms with E-state index in [4.69, 9.17) is 4.74 Å². The van der Waals surface area contributed by atoms with Crippen LogP contribution in [0.4, 0.5) is 4.79 Å². The molecule has 2 fully saturated rings. The Morgan fingerprint density at radius 3 is 2.55 bits per heavy atom. The van der Waals surface area contributed by atoms with Crippen LogP contribution >= 0.6 is 11.3 Å². The number of amides is 2. The summed E-state index contributed by atoms with van der Waals surface area (Å²) in [6, 6.07) is 13.8. The van der Waals surface area contributed by atoms with Gasteiger partial charge >= 0.3 is 6.09 Å². The maximum absolute atomic E-state index is 13.3. The molecule has 33 heavy (non-hydrogen) atoms. The monoisotopic (exact) mass is 462 g/mol. The third kappa shape index (κ3) is 3.49. The molecule has 170 valence electrons. The molecule has 5 rings (SSSR count). The lowest BCUT2D eigenvalue weighted by atomic mass is 9.70. The van der Waals surface area contributed by atoms with E-state index in [2.05, 4.69) is 16.9 Å². The summed E-state index contributed by atoms with van der Waals surface area (Å²) in [7, 11) is 0. The minimum Gasteiger partial charge on any atom is -0.440 e. The van der Waals surface area contributed by atoms with Gasteiger partial charge in [-0.2, -0.15) is 0 Å². The molecule has 0 aliphatic carbocycles. The van der Waals surface area contributed by atoms with Gasteiger partial charge in [-0.3, -0.25) is 14.7 Å². The molecular formula is C25H26N4O3S. The van der Waals surface area contributed by atoms with E-state index in [9.17, 15) is 9.59 Å². The Hall–Kier alpha value is -3.26. The van der Waals surface area contributed by atoms with Gasteiger partial charge in [0.25, 0.3) is 5.91 Å². The first-order valence-corrected chi connectivity index (χ1v) is 12.0. The van der Waals surface area contributed by atoms with Crippen molar-refractivity contribution in [2.24, 2.45) is 0 Å². The first-order chi connectivity index (χ1) is 15.9. The average Bonchev–Trinajstić information content (AvgIpc) is 3.36. The SMILES string of the molecule is Cc1ncsc1C(=O)N1CCC2(CC1)OC(=O)N(Cc1ccccc1)C2(C)c1cccnc1. The molecule has 2 aliphatic rings. The molecule has 2 amide bonds. The van der Waals surface area contributed by atoms with Crippen molar-refractivity contribution in [3.8, 4) is 0 Å². The summed E-state index contributed by atoms with van der Waals surface area (Å²) < 4.78 is 6.20. The second-order valence-corrected chi connectivity index (χ2v) is 9.66. The first kappa shape index (κ1) is 21.6. The molecule has 8 heteroatoms. The molecule has 0 radical (unpaired) electrons. The number of nitrogens with zero attached hydrogens (tertiary/aromatic N) is 4. The number of aryl methyl sites for hydroxylation is 1. The van der Waals surface area contributed by atoms with E-state index in [0.717, 1.165) is 16.8 Å². The number of hydrogen-bond acceptors (Lipinski definition) is 6. The van der Waals surface area contributed by atoms with Gasteiger partial charge in [0, 0.05) is 38.3 Å². The number of aromatic nitrogens is 2. The van der Waals surface area contributed by atoms with Gasteiger partial charge in [0.05, 0.1) is 17.7 Å². The Morgan fingerprint density at radius 1 is 1.15 bits per heavy atom. The van der Waals surface area contributed by atoms with Gasteiger partial charge in [-0.15, -0.1) is 11.3 Å². The van der Waals surface area contributed by atoms with Crippen molar-refractivity contribution in [2.75, 3.05) is 13.1 Å². The van der Waals surface area contributed by atoms with Crippen LogP contribution < -0.4 is 0 Å². The van der Waals surface area contributed by atoms with Crippen LogP contribution in [0, 0.1) is 6.92 Å². The van der Waals surface area contributed by atoms with Gasteiger partial charge in [-0.1, -0.05) is 36.4 Å². The largest absolute Gasteiger partial charge is 0.440 e. The Kier molecular flexibility index (Phi) is 5.40. The van der Waals surface area contributed by atoms with Crippen LogP contribution in [0.2, 0.25) is 0 Å². The molecular weight excluding hydrogens is 436 g/mol. The van der Waals surface area contributed by atoms with Gasteiger partial charge in [0.15, 0.2) is 0 Å². The molecule has 0 bridgehead atoms. The van der Waals surface area contributed by atoms with Crippen LogP contribution in [0.15, 0.2) is 60.4 Å². The Bertz CT molecular complexity index is 1160. The second kappa shape index (κ2) is 8.26. The number of thiazole rings is 1. The van der Waals surface area contributed by atoms with E-state index in [1.165, 1.54) is 11.3 Å². The van der Waals surface area contributed by atoms with Crippen LogP contribution in [0.3, 0.4) is 0 Å². The summed E-state index contributed by atoms with van der Waals surface area (Å²) in [4.78, 5) is 39.2. The topological polar surface area (TPSA) is 75.6 Å². The van der Waals surface area contributed by atoms with Gasteiger partial charge in [-0.05, 0) is 31.0 Å². The van der Waals surface area contributed by atoms with E-state index >= 15 is 0 Å². The lowest BCUT2D eigenvalue weighted by molar-refractivity contribution is -0.0552. The Morgan fingerprint density at radius 2 is 1.91 bits per heavy atom. The van der Waals surface area contributed by atoms with Crippen LogP contribution in [-0.4, -0.2) is 50.5 Å². The number of piperidine rings is 1. The van der Waals surface area contributed by atoms with E-state index in [-0.39, 0.29) is 12.0 Å². The summed E-state index contributed by atoms with van der Waals surface area (Å²) in [5.41, 5.74) is 2.96. The zero-order valence-corrected chi connectivity index (χ0v) is 19.5. The minimum absolute atomic E-state index is 0.00149. The quantitative estimate of drug-likeness (QED) is 0.575. The molecule has 1 spiro atoms. The van der Waals surface area contributed by atoms with Crippen LogP contribution in [-0.2, 0) is 16.8 Å². The fourth-order valence-electron chi connectivity index (χ4n) is 5.12. The number of rotatable bonds is 4. The molecule has 4 heterocycles. The van der Waals surface area contributed by atoms with Gasteiger partial charge in [0.1, 0.15) is 16.0 Å². The highest BCUT2D eigenvalue weighted by molar-refractivity contribution is 7.11. The smallest absolute Gasteiger partial charge is 0.411 e. The Balaban J connectivity index is 1.47. The fourth-order valence-corrected chi connectivity index (χ4v) is 5.89. The predicted molar refractivity (Wildman–Crippen MR) is 125 cm³/mol. The summed E-state index contributed by atoms with van der Waals surface area (Å²) >= 11 is 1.37. The van der Waals surface area contributed by atoms with Crippen molar-refractivity contribution in [1.29, 1.82) is 0 Å². The molecule has 2 aliphatic heterocycles. The van der Waals surface area contributed by atoms with Crippen molar-refractivity contribution < 1.29 is 14.3 Å². The number of benzene rings is 1. The summed E-state index contributed by atoms with van der Waals surface area (Å²) in [5, 5.41) is 0. The third-order valence-electron chi connectivity index (χ3n) is 7.14. The Labute approximate surface area is 197 Å². The van der Waals surface area contributed by atoms with E-state index < -0.39 is 11.1 Å². The second-order valence-electron chi connectivity index (χ2n) is 8.81. The van der Waals surface area contributed by atoms with Gasteiger partial charge in [0.2, 0.25) is 0 Å². The van der Waals surface area contributed by atoms with Crippen LogP contribution in [0.5, 0.6) is 0 Å². The van der Waals surface area contributed by atoms with Crippen molar-refractivity contribution in [1.82, 2.24) is 19.8 Å². The summed E-state index contributed by atoms with van der Waals surface area (Å²) in [6.07, 6.45) is 4.33. The van der Waals surface area contributed by atoms with Crippen molar-refractivity contribution >= 4 is 23.3 Å². The molecule has 1 aromatic carbocycles. The molecule has 2 saturated heterocycles. The number of pyridine rings is 1. The molecule has 7 nitrogen and oxygen atoms in total. The van der Waals surface area contributed by atoms with E-state index in [0.29, 0.717) is 37.4 Å². The molecule has 2 aromatic heterocycles. The number of ether oxygens (including phenoxy) is 1. The van der Waals surface area contributed by atoms with Gasteiger partial charge < -0.3 is 9.64 Å². The lowest BCUT2D eigenvalue weighted by Crippen LogP contribution is -2.58. The highest BCUT2D eigenvalue weighted by Gasteiger charge is 2.64. The first-order valence-electron chi connectivity index (χ1n) is 11.1. The molecule has 1 unspecified atom stereocenters. The van der Waals surface area contributed by atoms with E-state index in [1.807, 2.05) is 65.4 Å². The number of likely N-dealkylation sites (tertiary alicyclic amines) is 1. The fraction of sp³-hybridized carbons (Fsp3) is 0.360. The zero-order valence-electron chi connectivity index (χ0n) is 18.7. The van der Waals surface area contributed by atoms with Gasteiger partial charge in [-0.25, -0.2) is 9.78 Å². The normalized spacial score (nSPS) is 21.9. The number of carbonyl (C=O) groups excluding carboxylic acids is 2. The average molecular weight is 463 g/mol. The predicted octanol–water partition coefficient (Wildman–Crippen LogP) is 4.39. The third-order valence-corrected chi connectivity index (χ3v) is 8.05. The van der Waals surface area contributed by atoms with Crippen molar-refractivity contribution in [2.45, 2.75) is 44.4 Å². The summed E-state index contributed by atoms with van der Waals surface area (Å²) in [5.74, 6) is -0.00149. The van der Waals surface area contributed by atoms with Crippen molar-refractivity contribution in [3.05, 3.63) is 82.1 Å². The zero-order chi connectivity index (χ0) is 23.1. The van der Waals surface area contributed by atoms with Crippen molar-refractivity contribution in [3.63, 3.8) is 0 Å². The van der Waals surface area contributed by atoms with Crippen LogP contribution in [0.1, 0.15) is 46.3 Å². The summed E-state index contributed by atoms with van der Waals surface area (Å²) in [6.45, 7) is 5.39. The number of hydrogen-bond donors (Lipinski definition) is 0. The maximum atomic E-state index is 13.3. The molecule has 0 saturated carbocycles. The van der Waals surface area contributed by atoms with Crippen LogP contribution in [0.25, 0.3) is 0 Å². The highest BCUT2D eigenvalue weighted by Crippen LogP contribution is 2.52.